The molecule has 6 heteroatoms. The van der Waals surface area contributed by atoms with E-state index < -0.39 is 0 Å². The molecule has 0 saturated carbocycles. The molecule has 0 amide bonds. The number of nitriles is 1. The van der Waals surface area contributed by atoms with Crippen LogP contribution in [0.4, 0.5) is 23.1 Å². The third-order valence-corrected chi connectivity index (χ3v) is 3.49. The predicted molar refractivity (Wildman–Crippen MR) is 96.2 cm³/mol. The van der Waals surface area contributed by atoms with Crippen LogP contribution in [0.15, 0.2) is 60.8 Å². The molecule has 3 rings (SSSR count). The second-order valence-corrected chi connectivity index (χ2v) is 5.31. The Kier molecular flexibility index (Phi) is 4.67. The van der Waals surface area contributed by atoms with E-state index >= 15 is 0 Å². The number of aromatic nitrogens is 2. The Morgan fingerprint density at radius 3 is 2.72 bits per heavy atom. The molecule has 2 N–H and O–H groups in total. The Labute approximate surface area is 145 Å². The fourth-order valence-corrected chi connectivity index (χ4v) is 2.26. The summed E-state index contributed by atoms with van der Waals surface area (Å²) in [6, 6.07) is 18.2. The molecule has 0 bridgehead atoms. The third-order valence-electron chi connectivity index (χ3n) is 3.49. The molecule has 1 heterocycles. The Bertz CT molecular complexity index is 962. The normalized spacial score (nSPS) is 9.92. The van der Waals surface area contributed by atoms with Crippen LogP contribution < -0.4 is 10.6 Å². The molecule has 6 nitrogen and oxygen atoms in total. The van der Waals surface area contributed by atoms with E-state index in [4.69, 9.17) is 5.26 Å². The molecule has 0 aliphatic rings. The molecule has 2 aromatic carbocycles. The summed E-state index contributed by atoms with van der Waals surface area (Å²) >= 11 is 0. The molecule has 0 aliphatic heterocycles. The van der Waals surface area contributed by atoms with Gasteiger partial charge in [-0.25, -0.2) is 4.98 Å². The van der Waals surface area contributed by atoms with Crippen LogP contribution in [-0.4, -0.2) is 15.8 Å². The molecule has 3 aromatic rings. The average Bonchev–Trinajstić information content (AvgIpc) is 2.63. The van der Waals surface area contributed by atoms with Gasteiger partial charge in [0.1, 0.15) is 11.9 Å². The Balaban J connectivity index is 1.81. The number of benzene rings is 2. The maximum absolute atomic E-state index is 11.5. The van der Waals surface area contributed by atoms with Gasteiger partial charge in [-0.05, 0) is 37.3 Å². The van der Waals surface area contributed by atoms with Gasteiger partial charge < -0.3 is 10.6 Å². The van der Waals surface area contributed by atoms with Crippen molar-refractivity contribution in [3.05, 3.63) is 71.9 Å². The standard InChI is InChI=1S/C19H15N5O/c1-13(25)14-6-4-7-16(11-14)22-19-21-10-9-18(24-19)23-17-8-3-2-5-15(17)12-20/h2-11H,1H3,(H2,21,22,23,24). The van der Waals surface area contributed by atoms with Gasteiger partial charge in [0.25, 0.3) is 0 Å². The lowest BCUT2D eigenvalue weighted by molar-refractivity contribution is 0.101. The topological polar surface area (TPSA) is 90.7 Å². The van der Waals surface area contributed by atoms with Gasteiger partial charge >= 0.3 is 0 Å². The van der Waals surface area contributed by atoms with Crippen LogP contribution in [0.1, 0.15) is 22.8 Å². The number of ketones is 1. The van der Waals surface area contributed by atoms with Crippen LogP contribution in [0.3, 0.4) is 0 Å². The van der Waals surface area contributed by atoms with E-state index in [0.717, 1.165) is 5.69 Å². The van der Waals surface area contributed by atoms with Gasteiger partial charge in [-0.2, -0.15) is 10.2 Å². The highest BCUT2D eigenvalue weighted by Gasteiger charge is 2.05. The zero-order chi connectivity index (χ0) is 17.6. The number of hydrogen-bond acceptors (Lipinski definition) is 6. The molecule has 0 spiro atoms. The minimum absolute atomic E-state index is 0.00639. The maximum Gasteiger partial charge on any atom is 0.229 e. The van der Waals surface area contributed by atoms with Crippen molar-refractivity contribution in [3.8, 4) is 6.07 Å². The first-order valence-corrected chi connectivity index (χ1v) is 7.63. The van der Waals surface area contributed by atoms with Gasteiger partial charge in [0.05, 0.1) is 11.3 Å². The summed E-state index contributed by atoms with van der Waals surface area (Å²) in [5.41, 5.74) is 2.54. The molecule has 0 fully saturated rings. The number of nitrogens with zero attached hydrogens (tertiary/aromatic N) is 3. The molecule has 0 aliphatic carbocycles. The summed E-state index contributed by atoms with van der Waals surface area (Å²) in [5, 5.41) is 15.3. The van der Waals surface area contributed by atoms with E-state index in [1.807, 2.05) is 18.2 Å². The van der Waals surface area contributed by atoms with Crippen LogP contribution in [-0.2, 0) is 0 Å². The first-order chi connectivity index (χ1) is 12.2. The Hall–Kier alpha value is -3.72. The SMILES string of the molecule is CC(=O)c1cccc(Nc2nccc(Nc3ccccc3C#N)n2)c1. The highest BCUT2D eigenvalue weighted by molar-refractivity contribution is 5.95. The quantitative estimate of drug-likeness (QED) is 0.687. The number of nitrogens with one attached hydrogen (secondary N) is 2. The molecular formula is C19H15N5O. The van der Waals surface area contributed by atoms with Crippen molar-refractivity contribution in [2.24, 2.45) is 0 Å². The van der Waals surface area contributed by atoms with Crippen molar-refractivity contribution in [1.82, 2.24) is 9.97 Å². The number of anilines is 4. The minimum atomic E-state index is -0.00639. The first kappa shape index (κ1) is 16.1. The molecule has 122 valence electrons. The largest absolute Gasteiger partial charge is 0.339 e. The van der Waals surface area contributed by atoms with Gasteiger partial charge in [0.2, 0.25) is 5.95 Å². The van der Waals surface area contributed by atoms with Crippen molar-refractivity contribution in [3.63, 3.8) is 0 Å². The van der Waals surface area contributed by atoms with Gasteiger partial charge in [-0.1, -0.05) is 24.3 Å². The summed E-state index contributed by atoms with van der Waals surface area (Å²) in [6.45, 7) is 1.52. The van der Waals surface area contributed by atoms with E-state index in [9.17, 15) is 4.79 Å². The molecule has 1 aromatic heterocycles. The van der Waals surface area contributed by atoms with E-state index in [1.165, 1.54) is 6.92 Å². The van der Waals surface area contributed by atoms with Crippen LogP contribution in [0.2, 0.25) is 0 Å². The lowest BCUT2D eigenvalue weighted by Crippen LogP contribution is -2.02. The molecule has 0 saturated heterocycles. The van der Waals surface area contributed by atoms with Crippen molar-refractivity contribution >= 4 is 28.9 Å². The smallest absolute Gasteiger partial charge is 0.229 e. The molecule has 0 radical (unpaired) electrons. The Morgan fingerprint density at radius 2 is 1.92 bits per heavy atom. The summed E-state index contributed by atoms with van der Waals surface area (Å²) in [6.07, 6.45) is 1.61. The van der Waals surface area contributed by atoms with Crippen LogP contribution >= 0.6 is 0 Å². The van der Waals surface area contributed by atoms with E-state index in [-0.39, 0.29) is 5.78 Å². The lowest BCUT2D eigenvalue weighted by atomic mass is 10.1. The van der Waals surface area contributed by atoms with Crippen LogP contribution in [0, 0.1) is 11.3 Å². The number of hydrogen-bond donors (Lipinski definition) is 2. The van der Waals surface area contributed by atoms with Gasteiger partial charge in [-0.3, -0.25) is 4.79 Å². The predicted octanol–water partition coefficient (Wildman–Crippen LogP) is 4.04. The molecular weight excluding hydrogens is 314 g/mol. The monoisotopic (exact) mass is 329 g/mol. The highest BCUT2D eigenvalue weighted by Crippen LogP contribution is 2.20. The zero-order valence-electron chi connectivity index (χ0n) is 13.5. The maximum atomic E-state index is 11.5. The fourth-order valence-electron chi connectivity index (χ4n) is 2.26. The molecule has 0 atom stereocenters. The summed E-state index contributed by atoms with van der Waals surface area (Å²) < 4.78 is 0. The van der Waals surface area contributed by atoms with Crippen LogP contribution in [0.25, 0.3) is 0 Å². The van der Waals surface area contributed by atoms with Gasteiger partial charge in [0, 0.05) is 17.4 Å². The number of rotatable bonds is 5. The number of para-hydroxylation sites is 1. The molecule has 25 heavy (non-hydrogen) atoms. The van der Waals surface area contributed by atoms with E-state index in [2.05, 4.69) is 26.7 Å². The number of Topliss-reactive ketones (excluding diaryl/α,β-unsaturated/α-hetero) is 1. The van der Waals surface area contributed by atoms with Crippen molar-refractivity contribution in [2.45, 2.75) is 6.92 Å². The van der Waals surface area contributed by atoms with Crippen molar-refractivity contribution in [1.29, 1.82) is 5.26 Å². The zero-order valence-corrected chi connectivity index (χ0v) is 13.5. The second kappa shape index (κ2) is 7.23. The summed E-state index contributed by atoms with van der Waals surface area (Å²) in [7, 11) is 0. The third kappa shape index (κ3) is 3.98. The average molecular weight is 329 g/mol. The summed E-state index contributed by atoms with van der Waals surface area (Å²) in [4.78, 5) is 20.0. The first-order valence-electron chi connectivity index (χ1n) is 7.63. The van der Waals surface area contributed by atoms with Crippen LogP contribution in [0.5, 0.6) is 0 Å². The minimum Gasteiger partial charge on any atom is -0.339 e. The summed E-state index contributed by atoms with van der Waals surface area (Å²) in [5.74, 6) is 0.941. The van der Waals surface area contributed by atoms with Gasteiger partial charge in [-0.15, -0.1) is 0 Å². The highest BCUT2D eigenvalue weighted by atomic mass is 16.1. The van der Waals surface area contributed by atoms with Crippen molar-refractivity contribution < 1.29 is 4.79 Å². The van der Waals surface area contributed by atoms with E-state index in [0.29, 0.717) is 28.6 Å². The van der Waals surface area contributed by atoms with E-state index in [1.54, 1.807) is 42.6 Å². The van der Waals surface area contributed by atoms with Crippen molar-refractivity contribution in [2.75, 3.05) is 10.6 Å². The fraction of sp³-hybridized carbons (Fsp3) is 0.0526. The molecule has 0 unspecified atom stereocenters. The second-order valence-electron chi connectivity index (χ2n) is 5.31. The van der Waals surface area contributed by atoms with Gasteiger partial charge in [0.15, 0.2) is 5.78 Å². The Morgan fingerprint density at radius 1 is 1.08 bits per heavy atom. The lowest BCUT2D eigenvalue weighted by Gasteiger charge is -2.10. The number of carbonyl (C=O) groups is 1. The number of carbonyl (C=O) groups excluding carboxylic acids is 1.